The lowest BCUT2D eigenvalue weighted by atomic mass is 9.82. The quantitative estimate of drug-likeness (QED) is 0.0871. The Morgan fingerprint density at radius 3 is 2.04 bits per heavy atom. The number of methoxy groups -OCH3 is 2. The molecule has 0 heterocycles. The Hall–Kier alpha value is -5.28. The Labute approximate surface area is 275 Å². The van der Waals surface area contributed by atoms with E-state index in [1.807, 2.05) is 0 Å². The van der Waals surface area contributed by atoms with Gasteiger partial charge in [0.1, 0.15) is 17.2 Å². The largest absolute Gasteiger partial charge is 0.496 e. The summed E-state index contributed by atoms with van der Waals surface area (Å²) in [6.45, 7) is 2.99. The SMILES string of the molecule is CCCCCCOc1ccc(-c2cc3cc4ccccc4c4c(OC)c(-c5c(OC)ccc6ccccc56)c5cccc2c5c34)cc1. The van der Waals surface area contributed by atoms with Gasteiger partial charge in [-0.05, 0) is 91.0 Å². The highest BCUT2D eigenvalue weighted by molar-refractivity contribution is 6.36. The average Bonchev–Trinajstić information content (AvgIpc) is 3.12. The molecule has 0 saturated carbocycles. The topological polar surface area (TPSA) is 27.7 Å². The van der Waals surface area contributed by atoms with E-state index in [2.05, 4.69) is 122 Å². The molecule has 0 atom stereocenters. The Morgan fingerprint density at radius 2 is 1.26 bits per heavy atom. The molecular weight excluding hydrogens is 576 g/mol. The summed E-state index contributed by atoms with van der Waals surface area (Å²) in [6.07, 6.45) is 4.78. The first-order valence-corrected chi connectivity index (χ1v) is 16.7. The molecule has 0 N–H and O–H groups in total. The molecule has 0 aliphatic carbocycles. The minimum atomic E-state index is 0.756. The number of hydrogen-bond acceptors (Lipinski definition) is 3. The zero-order valence-electron chi connectivity index (χ0n) is 27.2. The third-order valence-electron chi connectivity index (χ3n) is 9.70. The minimum absolute atomic E-state index is 0.756. The molecule has 232 valence electrons. The van der Waals surface area contributed by atoms with E-state index in [4.69, 9.17) is 14.2 Å². The number of unbranched alkanes of at least 4 members (excludes halogenated alkanes) is 3. The molecule has 0 fully saturated rings. The summed E-state index contributed by atoms with van der Waals surface area (Å²) in [5.74, 6) is 2.62. The van der Waals surface area contributed by atoms with Crippen molar-refractivity contribution in [3.05, 3.63) is 115 Å². The van der Waals surface area contributed by atoms with Gasteiger partial charge >= 0.3 is 0 Å². The number of rotatable bonds is 10. The molecule has 0 bridgehead atoms. The van der Waals surface area contributed by atoms with Gasteiger partial charge in [0.2, 0.25) is 0 Å². The Morgan fingerprint density at radius 1 is 0.511 bits per heavy atom. The maximum Gasteiger partial charge on any atom is 0.135 e. The highest BCUT2D eigenvalue weighted by Crippen LogP contribution is 2.54. The van der Waals surface area contributed by atoms with Gasteiger partial charge in [0, 0.05) is 21.9 Å². The minimum Gasteiger partial charge on any atom is -0.496 e. The van der Waals surface area contributed by atoms with E-state index in [1.165, 1.54) is 62.7 Å². The van der Waals surface area contributed by atoms with E-state index in [1.54, 1.807) is 14.2 Å². The first kappa shape index (κ1) is 29.1. The van der Waals surface area contributed by atoms with Crippen molar-refractivity contribution in [1.82, 2.24) is 0 Å². The first-order chi connectivity index (χ1) is 23.2. The zero-order valence-corrected chi connectivity index (χ0v) is 27.2. The smallest absolute Gasteiger partial charge is 0.135 e. The fourth-order valence-corrected chi connectivity index (χ4v) is 7.54. The molecule has 3 nitrogen and oxygen atoms in total. The molecule has 0 unspecified atom stereocenters. The lowest BCUT2D eigenvalue weighted by Gasteiger charge is -2.24. The van der Waals surface area contributed by atoms with E-state index in [9.17, 15) is 0 Å². The fourth-order valence-electron chi connectivity index (χ4n) is 7.54. The summed E-state index contributed by atoms with van der Waals surface area (Å²) in [4.78, 5) is 0. The van der Waals surface area contributed by atoms with Gasteiger partial charge in [0.25, 0.3) is 0 Å². The molecule has 0 aliphatic rings. The lowest BCUT2D eigenvalue weighted by molar-refractivity contribution is 0.305. The second-order valence-corrected chi connectivity index (χ2v) is 12.4. The third-order valence-corrected chi connectivity index (χ3v) is 9.70. The molecule has 0 spiro atoms. The van der Waals surface area contributed by atoms with Gasteiger partial charge in [-0.25, -0.2) is 0 Å². The van der Waals surface area contributed by atoms with Gasteiger partial charge in [0.05, 0.1) is 20.8 Å². The molecule has 8 aromatic carbocycles. The highest BCUT2D eigenvalue weighted by Gasteiger charge is 2.26. The molecule has 0 aliphatic heterocycles. The van der Waals surface area contributed by atoms with Crippen LogP contribution in [0.25, 0.3) is 76.1 Å². The van der Waals surface area contributed by atoms with Crippen LogP contribution in [0.15, 0.2) is 115 Å². The monoisotopic (exact) mass is 614 g/mol. The van der Waals surface area contributed by atoms with Gasteiger partial charge < -0.3 is 14.2 Å². The summed E-state index contributed by atoms with van der Waals surface area (Å²) in [5.41, 5.74) is 4.48. The molecule has 0 amide bonds. The van der Waals surface area contributed by atoms with Crippen molar-refractivity contribution >= 4 is 53.9 Å². The number of fused-ring (bicyclic) bond motifs is 3. The van der Waals surface area contributed by atoms with Crippen molar-refractivity contribution in [3.8, 4) is 39.5 Å². The van der Waals surface area contributed by atoms with Crippen LogP contribution in [-0.2, 0) is 0 Å². The van der Waals surface area contributed by atoms with Gasteiger partial charge in [-0.3, -0.25) is 0 Å². The standard InChI is InChI=1S/C44H38O3/c1-4-5-6-11-25-47-32-22-19-29(20-23-32)37-27-31-26-30-14-8-10-16-34(30)42-39(31)40-35(37)17-12-18-36(40)43(44(42)46-3)41-33-15-9-7-13-28(33)21-24-38(41)45-2/h7-10,12-24,26-27H,4-6,11,25H2,1-3H3. The normalized spacial score (nSPS) is 11.7. The highest BCUT2D eigenvalue weighted by atomic mass is 16.5. The molecule has 8 rings (SSSR count). The second kappa shape index (κ2) is 12.1. The van der Waals surface area contributed by atoms with Crippen molar-refractivity contribution in [2.45, 2.75) is 32.6 Å². The van der Waals surface area contributed by atoms with Crippen molar-refractivity contribution < 1.29 is 14.2 Å². The molecule has 3 heteroatoms. The molecule has 0 aromatic heterocycles. The van der Waals surface area contributed by atoms with Gasteiger partial charge in [-0.2, -0.15) is 0 Å². The molecule has 8 aromatic rings. The molecule has 0 radical (unpaired) electrons. The molecular formula is C44H38O3. The van der Waals surface area contributed by atoms with Crippen LogP contribution in [0.1, 0.15) is 32.6 Å². The lowest BCUT2D eigenvalue weighted by Crippen LogP contribution is -1.99. The summed E-state index contributed by atoms with van der Waals surface area (Å²) in [5, 5.41) is 11.8. The molecule has 0 saturated heterocycles. The van der Waals surface area contributed by atoms with Crippen LogP contribution < -0.4 is 14.2 Å². The van der Waals surface area contributed by atoms with Crippen molar-refractivity contribution in [2.75, 3.05) is 20.8 Å². The average molecular weight is 615 g/mol. The van der Waals surface area contributed by atoms with Crippen molar-refractivity contribution in [2.24, 2.45) is 0 Å². The second-order valence-electron chi connectivity index (χ2n) is 12.4. The predicted molar refractivity (Wildman–Crippen MR) is 199 cm³/mol. The number of benzene rings is 8. The van der Waals surface area contributed by atoms with Crippen LogP contribution in [0.3, 0.4) is 0 Å². The predicted octanol–water partition coefficient (Wildman–Crippen LogP) is 12.2. The van der Waals surface area contributed by atoms with Crippen LogP contribution in [-0.4, -0.2) is 20.8 Å². The Kier molecular flexibility index (Phi) is 7.53. The van der Waals surface area contributed by atoms with E-state index in [0.29, 0.717) is 0 Å². The summed E-state index contributed by atoms with van der Waals surface area (Å²) in [6, 6.07) is 41.4. The Balaban J connectivity index is 1.44. The fraction of sp³-hybridized carbons (Fsp3) is 0.182. The van der Waals surface area contributed by atoms with Gasteiger partial charge in [-0.1, -0.05) is 111 Å². The van der Waals surface area contributed by atoms with Crippen LogP contribution in [0.2, 0.25) is 0 Å². The van der Waals surface area contributed by atoms with Crippen LogP contribution in [0, 0.1) is 0 Å². The van der Waals surface area contributed by atoms with Crippen LogP contribution >= 0.6 is 0 Å². The zero-order chi connectivity index (χ0) is 31.9. The van der Waals surface area contributed by atoms with Gasteiger partial charge in [-0.15, -0.1) is 0 Å². The Bertz CT molecular complexity index is 2390. The maximum absolute atomic E-state index is 6.48. The molecule has 47 heavy (non-hydrogen) atoms. The maximum atomic E-state index is 6.48. The van der Waals surface area contributed by atoms with Crippen LogP contribution in [0.4, 0.5) is 0 Å². The number of hydrogen-bond donors (Lipinski definition) is 0. The van der Waals surface area contributed by atoms with Crippen molar-refractivity contribution in [3.63, 3.8) is 0 Å². The number of ether oxygens (including phenoxy) is 3. The van der Waals surface area contributed by atoms with Gasteiger partial charge in [0.15, 0.2) is 0 Å². The van der Waals surface area contributed by atoms with E-state index in [0.717, 1.165) is 62.9 Å². The van der Waals surface area contributed by atoms with E-state index in [-0.39, 0.29) is 0 Å². The summed E-state index contributed by atoms with van der Waals surface area (Å²) < 4.78 is 18.7. The van der Waals surface area contributed by atoms with E-state index < -0.39 is 0 Å². The van der Waals surface area contributed by atoms with Crippen LogP contribution in [0.5, 0.6) is 17.2 Å². The van der Waals surface area contributed by atoms with E-state index >= 15 is 0 Å². The first-order valence-electron chi connectivity index (χ1n) is 16.7. The van der Waals surface area contributed by atoms with Crippen molar-refractivity contribution in [1.29, 1.82) is 0 Å². The third kappa shape index (κ3) is 4.80. The summed E-state index contributed by atoms with van der Waals surface area (Å²) >= 11 is 0. The summed E-state index contributed by atoms with van der Waals surface area (Å²) in [7, 11) is 3.55.